The minimum atomic E-state index is -0.384. The van der Waals surface area contributed by atoms with Crippen molar-refractivity contribution in [1.82, 2.24) is 15.1 Å². The number of rotatable bonds is 4. The number of likely N-dealkylation sites (tertiary alicyclic amines) is 1. The number of halogens is 1. The Morgan fingerprint density at radius 2 is 2.10 bits per heavy atom. The van der Waals surface area contributed by atoms with Crippen LogP contribution < -0.4 is 15.2 Å². The van der Waals surface area contributed by atoms with Crippen molar-refractivity contribution in [2.75, 3.05) is 24.6 Å². The van der Waals surface area contributed by atoms with Gasteiger partial charge in [0.05, 0.1) is 18.5 Å². The molecule has 2 aliphatic rings. The number of aromatic amines is 1. The molecule has 0 radical (unpaired) electrons. The van der Waals surface area contributed by atoms with E-state index in [0.717, 1.165) is 36.2 Å². The number of nitrogens with zero attached hydrogens (tertiary/aromatic N) is 3. The molecule has 0 bridgehead atoms. The van der Waals surface area contributed by atoms with Gasteiger partial charge >= 0.3 is 0 Å². The molecular formula is C21H25FN4O3. The van der Waals surface area contributed by atoms with Crippen molar-refractivity contribution in [3.63, 3.8) is 0 Å². The highest BCUT2D eigenvalue weighted by Crippen LogP contribution is 2.33. The largest absolute Gasteiger partial charge is 0.490 e. The first-order valence-corrected chi connectivity index (χ1v) is 9.91. The van der Waals surface area contributed by atoms with Crippen LogP contribution in [0.5, 0.6) is 5.75 Å². The van der Waals surface area contributed by atoms with Crippen LogP contribution in [0.3, 0.4) is 0 Å². The molecule has 0 aliphatic carbocycles. The fourth-order valence-electron chi connectivity index (χ4n) is 4.14. The Morgan fingerprint density at radius 1 is 1.34 bits per heavy atom. The standard InChI is InChI=1S/C21H25FN4O3/c1-13-19(8-23-24-21(13)28)26-10-16-6-18(22)20(7-17(16)11-26)29-12-15-4-3-5-25(9-15)14(2)27/h6-8,15H,3-5,9-12H2,1-2H3,(H,24,28). The van der Waals surface area contributed by atoms with E-state index in [-0.39, 0.29) is 29.0 Å². The molecular weight excluding hydrogens is 375 g/mol. The molecule has 1 unspecified atom stereocenters. The Kier molecular flexibility index (Phi) is 5.25. The van der Waals surface area contributed by atoms with E-state index in [9.17, 15) is 14.0 Å². The van der Waals surface area contributed by atoms with Crippen LogP contribution in [0, 0.1) is 18.7 Å². The first-order valence-electron chi connectivity index (χ1n) is 9.91. The van der Waals surface area contributed by atoms with Crippen LogP contribution in [-0.4, -0.2) is 40.7 Å². The first kappa shape index (κ1) is 19.4. The smallest absolute Gasteiger partial charge is 0.269 e. The zero-order valence-corrected chi connectivity index (χ0v) is 16.7. The molecule has 1 N–H and O–H groups in total. The van der Waals surface area contributed by atoms with Crippen molar-refractivity contribution < 1.29 is 13.9 Å². The third-order valence-corrected chi connectivity index (χ3v) is 5.83. The predicted molar refractivity (Wildman–Crippen MR) is 106 cm³/mol. The second-order valence-corrected chi connectivity index (χ2v) is 7.90. The van der Waals surface area contributed by atoms with Gasteiger partial charge in [0.2, 0.25) is 5.91 Å². The summed E-state index contributed by atoms with van der Waals surface area (Å²) in [5.74, 6) is 0.140. The Labute approximate surface area is 168 Å². The quantitative estimate of drug-likeness (QED) is 0.853. The summed E-state index contributed by atoms with van der Waals surface area (Å²) >= 11 is 0. The monoisotopic (exact) mass is 400 g/mol. The highest BCUT2D eigenvalue weighted by atomic mass is 19.1. The first-order chi connectivity index (χ1) is 13.9. The molecule has 0 saturated carbocycles. The molecule has 1 saturated heterocycles. The Morgan fingerprint density at radius 3 is 2.86 bits per heavy atom. The highest BCUT2D eigenvalue weighted by molar-refractivity contribution is 5.73. The number of ether oxygens (including phenoxy) is 1. The molecule has 29 heavy (non-hydrogen) atoms. The third-order valence-electron chi connectivity index (χ3n) is 5.83. The molecule has 154 valence electrons. The zero-order valence-electron chi connectivity index (χ0n) is 16.7. The van der Waals surface area contributed by atoms with Crippen LogP contribution in [-0.2, 0) is 17.9 Å². The van der Waals surface area contributed by atoms with Gasteiger partial charge in [-0.05, 0) is 43.0 Å². The van der Waals surface area contributed by atoms with Gasteiger partial charge in [0, 0.05) is 44.6 Å². The Bertz CT molecular complexity index is 990. The van der Waals surface area contributed by atoms with Gasteiger partial charge in [-0.15, -0.1) is 0 Å². The lowest BCUT2D eigenvalue weighted by Crippen LogP contribution is -2.40. The zero-order chi connectivity index (χ0) is 20.5. The number of amides is 1. The fourth-order valence-corrected chi connectivity index (χ4v) is 4.14. The topological polar surface area (TPSA) is 78.5 Å². The number of piperidine rings is 1. The van der Waals surface area contributed by atoms with Gasteiger partial charge in [-0.2, -0.15) is 5.10 Å². The van der Waals surface area contributed by atoms with Gasteiger partial charge < -0.3 is 14.5 Å². The number of hydrogen-bond acceptors (Lipinski definition) is 5. The summed E-state index contributed by atoms with van der Waals surface area (Å²) in [6.07, 6.45) is 3.54. The van der Waals surface area contributed by atoms with Gasteiger partial charge in [-0.25, -0.2) is 9.49 Å². The van der Waals surface area contributed by atoms with Crippen LogP contribution in [0.2, 0.25) is 0 Å². The summed E-state index contributed by atoms with van der Waals surface area (Å²) in [6, 6.07) is 3.27. The molecule has 4 rings (SSSR count). The molecule has 0 spiro atoms. The molecule has 1 amide bonds. The van der Waals surface area contributed by atoms with Gasteiger partial charge in [0.15, 0.2) is 11.6 Å². The van der Waals surface area contributed by atoms with E-state index >= 15 is 0 Å². The normalized spacial score (nSPS) is 18.7. The van der Waals surface area contributed by atoms with Crippen LogP contribution in [0.25, 0.3) is 0 Å². The molecule has 7 nitrogen and oxygen atoms in total. The molecule has 8 heteroatoms. The SMILES string of the molecule is CC(=O)N1CCCC(COc2cc3c(cc2F)CN(c2cn[nH]c(=O)c2C)C3)C1. The summed E-state index contributed by atoms with van der Waals surface area (Å²) in [5.41, 5.74) is 2.99. The molecule has 1 atom stereocenters. The van der Waals surface area contributed by atoms with Crippen molar-refractivity contribution in [1.29, 1.82) is 0 Å². The maximum Gasteiger partial charge on any atom is 0.269 e. The molecule has 2 aliphatic heterocycles. The van der Waals surface area contributed by atoms with Gasteiger partial charge in [0.1, 0.15) is 0 Å². The number of benzene rings is 1. The molecule has 3 heterocycles. The van der Waals surface area contributed by atoms with Crippen LogP contribution >= 0.6 is 0 Å². The summed E-state index contributed by atoms with van der Waals surface area (Å²) in [7, 11) is 0. The third kappa shape index (κ3) is 3.97. The second kappa shape index (κ2) is 7.85. The minimum absolute atomic E-state index is 0.0723. The van der Waals surface area contributed by atoms with Gasteiger partial charge in [-0.3, -0.25) is 9.59 Å². The maximum atomic E-state index is 14.6. The van der Waals surface area contributed by atoms with E-state index in [4.69, 9.17) is 4.74 Å². The van der Waals surface area contributed by atoms with E-state index in [0.29, 0.717) is 31.8 Å². The number of nitrogens with one attached hydrogen (secondary N) is 1. The van der Waals surface area contributed by atoms with Crippen LogP contribution in [0.15, 0.2) is 23.1 Å². The highest BCUT2D eigenvalue weighted by Gasteiger charge is 2.25. The minimum Gasteiger partial charge on any atom is -0.490 e. The van der Waals surface area contributed by atoms with Crippen LogP contribution in [0.1, 0.15) is 36.5 Å². The van der Waals surface area contributed by atoms with E-state index < -0.39 is 0 Å². The molecule has 1 aromatic carbocycles. The lowest BCUT2D eigenvalue weighted by atomic mass is 9.99. The van der Waals surface area contributed by atoms with E-state index in [2.05, 4.69) is 10.2 Å². The van der Waals surface area contributed by atoms with E-state index in [1.165, 1.54) is 6.07 Å². The van der Waals surface area contributed by atoms with Crippen molar-refractivity contribution in [2.45, 2.75) is 39.8 Å². The number of carbonyl (C=O) groups is 1. The number of anilines is 1. The Balaban J connectivity index is 1.45. The lowest BCUT2D eigenvalue weighted by Gasteiger charge is -2.31. The number of hydrogen-bond donors (Lipinski definition) is 1. The number of H-pyrrole nitrogens is 1. The van der Waals surface area contributed by atoms with Crippen molar-refractivity contribution in [2.24, 2.45) is 5.92 Å². The maximum absolute atomic E-state index is 14.6. The summed E-state index contributed by atoms with van der Waals surface area (Å²) in [5, 5.41) is 6.31. The van der Waals surface area contributed by atoms with E-state index in [1.807, 2.05) is 9.80 Å². The van der Waals surface area contributed by atoms with Crippen LogP contribution in [0.4, 0.5) is 10.1 Å². The number of carbonyl (C=O) groups excluding carboxylic acids is 1. The average Bonchev–Trinajstić information content (AvgIpc) is 3.10. The molecule has 1 aromatic heterocycles. The average molecular weight is 400 g/mol. The predicted octanol–water partition coefficient (Wildman–Crippen LogP) is 2.37. The summed E-state index contributed by atoms with van der Waals surface area (Å²) in [4.78, 5) is 27.3. The summed E-state index contributed by atoms with van der Waals surface area (Å²) < 4.78 is 20.4. The van der Waals surface area contributed by atoms with Gasteiger partial charge in [0.25, 0.3) is 5.56 Å². The summed E-state index contributed by atoms with van der Waals surface area (Å²) in [6.45, 7) is 6.25. The number of aromatic nitrogens is 2. The van der Waals surface area contributed by atoms with Crippen molar-refractivity contribution >= 4 is 11.6 Å². The lowest BCUT2D eigenvalue weighted by molar-refractivity contribution is -0.130. The fraction of sp³-hybridized carbons (Fsp3) is 0.476. The molecule has 2 aromatic rings. The molecule has 1 fully saturated rings. The van der Waals surface area contributed by atoms with Gasteiger partial charge in [-0.1, -0.05) is 0 Å². The Hall–Kier alpha value is -2.90. The van der Waals surface area contributed by atoms with E-state index in [1.54, 1.807) is 26.1 Å². The van der Waals surface area contributed by atoms with Crippen molar-refractivity contribution in [3.05, 3.63) is 51.2 Å². The number of fused-ring (bicyclic) bond motifs is 1. The van der Waals surface area contributed by atoms with Crippen molar-refractivity contribution in [3.8, 4) is 5.75 Å². The second-order valence-electron chi connectivity index (χ2n) is 7.90.